The molecule has 0 unspecified atom stereocenters. The minimum absolute atomic E-state index is 0.0432. The SMILES string of the molecule is CCN1C[C@@H]2c3nc(NCc4ccccn4)ncc3CS(=O)(=O)[C@@H]2C1. The predicted molar refractivity (Wildman–Crippen MR) is 94.9 cm³/mol. The van der Waals surface area contributed by atoms with Crippen molar-refractivity contribution in [2.75, 3.05) is 25.0 Å². The van der Waals surface area contributed by atoms with E-state index in [4.69, 9.17) is 0 Å². The first-order valence-electron chi connectivity index (χ1n) is 8.50. The van der Waals surface area contributed by atoms with Gasteiger partial charge < -0.3 is 10.2 Å². The van der Waals surface area contributed by atoms with Crippen molar-refractivity contribution in [3.63, 3.8) is 0 Å². The van der Waals surface area contributed by atoms with E-state index in [0.29, 0.717) is 19.0 Å². The smallest absolute Gasteiger partial charge is 0.223 e. The number of hydrogen-bond acceptors (Lipinski definition) is 7. The summed E-state index contributed by atoms with van der Waals surface area (Å²) in [7, 11) is -3.14. The number of nitrogens with zero attached hydrogens (tertiary/aromatic N) is 4. The molecule has 0 saturated carbocycles. The van der Waals surface area contributed by atoms with Crippen LogP contribution in [0.5, 0.6) is 0 Å². The van der Waals surface area contributed by atoms with E-state index in [1.807, 2.05) is 18.2 Å². The molecule has 4 heterocycles. The summed E-state index contributed by atoms with van der Waals surface area (Å²) >= 11 is 0. The number of likely N-dealkylation sites (tertiary alicyclic amines) is 1. The van der Waals surface area contributed by atoms with Gasteiger partial charge in [-0.1, -0.05) is 13.0 Å². The fraction of sp³-hybridized carbons (Fsp3) is 0.471. The van der Waals surface area contributed by atoms with Gasteiger partial charge in [0.25, 0.3) is 0 Å². The van der Waals surface area contributed by atoms with Gasteiger partial charge in [0.2, 0.25) is 5.95 Å². The van der Waals surface area contributed by atoms with Gasteiger partial charge in [0.05, 0.1) is 28.9 Å². The molecule has 2 atom stereocenters. The zero-order valence-electron chi connectivity index (χ0n) is 14.1. The molecule has 0 amide bonds. The second-order valence-electron chi connectivity index (χ2n) is 6.58. The molecule has 7 nitrogen and oxygen atoms in total. The fourth-order valence-corrected chi connectivity index (χ4v) is 5.69. The Morgan fingerprint density at radius 1 is 1.28 bits per heavy atom. The van der Waals surface area contributed by atoms with Crippen molar-refractivity contribution in [3.8, 4) is 0 Å². The van der Waals surface area contributed by atoms with Crippen LogP contribution in [0, 0.1) is 0 Å². The molecule has 1 fully saturated rings. The maximum Gasteiger partial charge on any atom is 0.223 e. The Labute approximate surface area is 147 Å². The summed E-state index contributed by atoms with van der Waals surface area (Å²) in [6.45, 7) is 4.79. The van der Waals surface area contributed by atoms with Crippen molar-refractivity contribution in [2.24, 2.45) is 0 Å². The average molecular weight is 359 g/mol. The van der Waals surface area contributed by atoms with Crippen molar-refractivity contribution < 1.29 is 8.42 Å². The van der Waals surface area contributed by atoms with Gasteiger partial charge in [0, 0.05) is 37.0 Å². The first-order chi connectivity index (χ1) is 12.1. The molecule has 2 aromatic rings. The van der Waals surface area contributed by atoms with E-state index >= 15 is 0 Å². The predicted octanol–water partition coefficient (Wildman–Crippen LogP) is 1.20. The zero-order chi connectivity index (χ0) is 17.4. The third-order valence-electron chi connectivity index (χ3n) is 5.01. The first-order valence-corrected chi connectivity index (χ1v) is 10.2. The molecule has 0 aliphatic carbocycles. The highest BCUT2D eigenvalue weighted by Crippen LogP contribution is 2.39. The van der Waals surface area contributed by atoms with Gasteiger partial charge in [-0.3, -0.25) is 4.98 Å². The second kappa shape index (κ2) is 6.34. The van der Waals surface area contributed by atoms with Crippen LogP contribution >= 0.6 is 0 Å². The highest BCUT2D eigenvalue weighted by molar-refractivity contribution is 7.91. The van der Waals surface area contributed by atoms with Crippen molar-refractivity contribution in [2.45, 2.75) is 30.4 Å². The number of sulfone groups is 1. The van der Waals surface area contributed by atoms with Crippen LogP contribution in [0.25, 0.3) is 0 Å². The van der Waals surface area contributed by atoms with E-state index in [9.17, 15) is 8.42 Å². The maximum absolute atomic E-state index is 12.6. The summed E-state index contributed by atoms with van der Waals surface area (Å²) in [6.07, 6.45) is 3.41. The number of fused-ring (bicyclic) bond motifs is 3. The van der Waals surface area contributed by atoms with Crippen LogP contribution in [0.1, 0.15) is 29.8 Å². The molecule has 2 aromatic heterocycles. The number of nitrogens with one attached hydrogen (secondary N) is 1. The molecule has 0 spiro atoms. The fourth-order valence-electron chi connectivity index (χ4n) is 3.67. The second-order valence-corrected chi connectivity index (χ2v) is 8.80. The number of hydrogen-bond donors (Lipinski definition) is 1. The van der Waals surface area contributed by atoms with Crippen LogP contribution in [0.2, 0.25) is 0 Å². The van der Waals surface area contributed by atoms with Gasteiger partial charge in [-0.05, 0) is 18.7 Å². The molecule has 0 radical (unpaired) electrons. The van der Waals surface area contributed by atoms with E-state index in [0.717, 1.165) is 30.0 Å². The van der Waals surface area contributed by atoms with E-state index in [1.54, 1.807) is 12.4 Å². The summed E-state index contributed by atoms with van der Waals surface area (Å²) in [5, 5.41) is 2.84. The third kappa shape index (κ3) is 3.11. The largest absolute Gasteiger partial charge is 0.349 e. The van der Waals surface area contributed by atoms with Crippen LogP contribution in [0.3, 0.4) is 0 Å². The molecule has 8 heteroatoms. The Kier molecular flexibility index (Phi) is 4.16. The summed E-state index contributed by atoms with van der Waals surface area (Å²) in [5.74, 6) is 0.506. The van der Waals surface area contributed by atoms with Crippen LogP contribution in [-0.4, -0.2) is 53.2 Å². The highest BCUT2D eigenvalue weighted by Gasteiger charge is 2.46. The quantitative estimate of drug-likeness (QED) is 0.877. The zero-order valence-corrected chi connectivity index (χ0v) is 14.9. The van der Waals surface area contributed by atoms with Gasteiger partial charge in [0.1, 0.15) is 0 Å². The van der Waals surface area contributed by atoms with Gasteiger partial charge in [-0.25, -0.2) is 18.4 Å². The van der Waals surface area contributed by atoms with Gasteiger partial charge >= 0.3 is 0 Å². The van der Waals surface area contributed by atoms with E-state index in [2.05, 4.69) is 32.1 Å². The molecule has 2 aliphatic rings. The lowest BCUT2D eigenvalue weighted by molar-refractivity contribution is 0.353. The molecular weight excluding hydrogens is 338 g/mol. The lowest BCUT2D eigenvalue weighted by atomic mass is 10.00. The Hall–Kier alpha value is -2.06. The normalized spacial score (nSPS) is 24.5. The number of pyridine rings is 1. The molecule has 0 aromatic carbocycles. The van der Waals surface area contributed by atoms with E-state index in [1.165, 1.54) is 0 Å². The lowest BCUT2D eigenvalue weighted by Gasteiger charge is -2.26. The summed E-state index contributed by atoms with van der Waals surface area (Å²) < 4.78 is 25.2. The molecule has 1 N–H and O–H groups in total. The van der Waals surface area contributed by atoms with E-state index < -0.39 is 9.84 Å². The Balaban J connectivity index is 1.60. The first kappa shape index (κ1) is 16.4. The Morgan fingerprint density at radius 3 is 2.92 bits per heavy atom. The van der Waals surface area contributed by atoms with Crippen molar-refractivity contribution in [1.82, 2.24) is 19.9 Å². The van der Waals surface area contributed by atoms with Crippen LogP contribution in [0.15, 0.2) is 30.6 Å². The number of likely N-dealkylation sites (N-methyl/N-ethyl adjacent to an activating group) is 1. The number of anilines is 1. The third-order valence-corrected chi connectivity index (χ3v) is 7.12. The summed E-state index contributed by atoms with van der Waals surface area (Å²) in [5.41, 5.74) is 2.53. The average Bonchev–Trinajstić information content (AvgIpc) is 3.07. The number of rotatable bonds is 4. The molecule has 1 saturated heterocycles. The lowest BCUT2D eigenvalue weighted by Crippen LogP contribution is -2.35. The summed E-state index contributed by atoms with van der Waals surface area (Å²) in [6, 6.07) is 5.74. The van der Waals surface area contributed by atoms with Gasteiger partial charge in [-0.2, -0.15) is 0 Å². The molecule has 2 aliphatic heterocycles. The van der Waals surface area contributed by atoms with Crippen molar-refractivity contribution in [1.29, 1.82) is 0 Å². The van der Waals surface area contributed by atoms with Crippen molar-refractivity contribution in [3.05, 3.63) is 47.5 Å². The minimum atomic E-state index is -3.14. The topological polar surface area (TPSA) is 88.1 Å². The molecule has 25 heavy (non-hydrogen) atoms. The van der Waals surface area contributed by atoms with Crippen LogP contribution in [-0.2, 0) is 22.1 Å². The van der Waals surface area contributed by atoms with Gasteiger partial charge in [0.15, 0.2) is 9.84 Å². The van der Waals surface area contributed by atoms with Gasteiger partial charge in [-0.15, -0.1) is 0 Å². The number of aromatic nitrogens is 3. The standard InChI is InChI=1S/C17H21N5O2S/c1-2-22-9-14-15(10-22)25(23,24)11-12-7-19-17(21-16(12)14)20-8-13-5-3-4-6-18-13/h3-7,14-15H,2,8-11H2,1H3,(H,19,20,21)/t14-,15+/m0/s1. The van der Waals surface area contributed by atoms with Crippen LogP contribution in [0.4, 0.5) is 5.95 Å². The van der Waals surface area contributed by atoms with Crippen molar-refractivity contribution >= 4 is 15.8 Å². The Bertz CT molecular complexity index is 872. The molecule has 4 rings (SSSR count). The monoisotopic (exact) mass is 359 g/mol. The molecule has 0 bridgehead atoms. The molecule has 132 valence electrons. The molecular formula is C17H21N5O2S. The Morgan fingerprint density at radius 2 is 2.16 bits per heavy atom. The minimum Gasteiger partial charge on any atom is -0.349 e. The highest BCUT2D eigenvalue weighted by atomic mass is 32.2. The van der Waals surface area contributed by atoms with E-state index in [-0.39, 0.29) is 16.9 Å². The summed E-state index contributed by atoms with van der Waals surface area (Å²) in [4.78, 5) is 15.4. The van der Waals surface area contributed by atoms with Crippen LogP contribution < -0.4 is 5.32 Å². The maximum atomic E-state index is 12.6.